The zero-order valence-corrected chi connectivity index (χ0v) is 18.4. The lowest BCUT2D eigenvalue weighted by atomic mass is 9.94. The van der Waals surface area contributed by atoms with Crippen molar-refractivity contribution in [3.63, 3.8) is 0 Å². The Hall–Kier alpha value is -3.04. The van der Waals surface area contributed by atoms with Gasteiger partial charge in [0.05, 0.1) is 49.6 Å². The van der Waals surface area contributed by atoms with Gasteiger partial charge in [-0.15, -0.1) is 0 Å². The highest BCUT2D eigenvalue weighted by Gasteiger charge is 2.47. The van der Waals surface area contributed by atoms with Crippen molar-refractivity contribution >= 4 is 5.82 Å². The van der Waals surface area contributed by atoms with Gasteiger partial charge in [0, 0.05) is 36.5 Å². The van der Waals surface area contributed by atoms with E-state index < -0.39 is 6.17 Å². The Bertz CT molecular complexity index is 1150. The van der Waals surface area contributed by atoms with E-state index in [-0.39, 0.29) is 23.9 Å². The first-order chi connectivity index (χ1) is 16.1. The van der Waals surface area contributed by atoms with Gasteiger partial charge in [-0.2, -0.15) is 5.10 Å². The van der Waals surface area contributed by atoms with Crippen LogP contribution in [0.15, 0.2) is 43.0 Å². The van der Waals surface area contributed by atoms with E-state index in [9.17, 15) is 5.11 Å². The first-order valence-electron chi connectivity index (χ1n) is 11.5. The van der Waals surface area contributed by atoms with Gasteiger partial charge >= 0.3 is 0 Å². The number of hydrogen-bond acceptors (Lipinski definition) is 7. The summed E-state index contributed by atoms with van der Waals surface area (Å²) in [6, 6.07) is 5.62. The van der Waals surface area contributed by atoms with Gasteiger partial charge in [-0.3, -0.25) is 9.67 Å². The average molecular weight is 451 g/mol. The maximum Gasteiger partial charge on any atom is 0.147 e. The number of phenols is 1. The topological polar surface area (TPSA) is 88.3 Å². The number of nitrogens with one attached hydrogen (secondary N) is 1. The fourth-order valence-electron chi connectivity index (χ4n) is 5.35. The molecule has 0 amide bonds. The van der Waals surface area contributed by atoms with Crippen LogP contribution in [0.5, 0.6) is 5.75 Å². The molecule has 3 aliphatic rings. The molecule has 0 radical (unpaired) electrons. The molecule has 3 aliphatic heterocycles. The highest BCUT2D eigenvalue weighted by atomic mass is 19.1. The Kier molecular flexibility index (Phi) is 5.03. The number of rotatable bonds is 5. The number of aromatic hydroxyl groups is 1. The van der Waals surface area contributed by atoms with E-state index in [1.165, 1.54) is 0 Å². The molecular formula is C24H27FN6O2. The molecule has 0 aliphatic carbocycles. The zero-order valence-electron chi connectivity index (χ0n) is 18.4. The summed E-state index contributed by atoms with van der Waals surface area (Å²) in [7, 11) is 1.85. The van der Waals surface area contributed by atoms with Crippen molar-refractivity contribution in [2.75, 3.05) is 18.1 Å². The minimum atomic E-state index is -0.949. The quantitative estimate of drug-likeness (QED) is 0.618. The minimum Gasteiger partial charge on any atom is -0.507 e. The smallest absolute Gasteiger partial charge is 0.147 e. The molecule has 0 unspecified atom stereocenters. The van der Waals surface area contributed by atoms with Crippen molar-refractivity contribution < 1.29 is 14.2 Å². The van der Waals surface area contributed by atoms with Crippen molar-refractivity contribution in [3.8, 4) is 28.1 Å². The van der Waals surface area contributed by atoms with E-state index in [1.807, 2.05) is 25.4 Å². The van der Waals surface area contributed by atoms with E-state index in [0.717, 1.165) is 30.4 Å². The highest BCUT2D eigenvalue weighted by molar-refractivity contribution is 5.73. The van der Waals surface area contributed by atoms with Crippen LogP contribution in [0.4, 0.5) is 10.2 Å². The summed E-state index contributed by atoms with van der Waals surface area (Å²) in [6.07, 6.45) is 8.72. The van der Waals surface area contributed by atoms with E-state index in [2.05, 4.69) is 25.3 Å². The molecule has 2 aromatic heterocycles. The van der Waals surface area contributed by atoms with Gasteiger partial charge in [0.2, 0.25) is 0 Å². The lowest BCUT2D eigenvalue weighted by Gasteiger charge is -2.47. The van der Waals surface area contributed by atoms with Gasteiger partial charge in [-0.05, 0) is 37.0 Å². The van der Waals surface area contributed by atoms with Gasteiger partial charge in [-0.25, -0.2) is 9.37 Å². The minimum absolute atomic E-state index is 0.0836. The molecule has 4 atom stereocenters. The summed E-state index contributed by atoms with van der Waals surface area (Å²) >= 11 is 0. The van der Waals surface area contributed by atoms with Gasteiger partial charge in [0.25, 0.3) is 0 Å². The number of phenolic OH excluding ortho intramolecular Hbond substituents is 1. The van der Waals surface area contributed by atoms with Crippen LogP contribution in [0.25, 0.3) is 22.4 Å². The van der Waals surface area contributed by atoms with Crippen molar-refractivity contribution in [3.05, 3.63) is 43.0 Å². The highest BCUT2D eigenvalue weighted by Crippen LogP contribution is 2.37. The lowest BCUT2D eigenvalue weighted by molar-refractivity contribution is -0.00218. The van der Waals surface area contributed by atoms with Gasteiger partial charge in [0.1, 0.15) is 17.7 Å². The molecule has 2 N–H and O–H groups in total. The van der Waals surface area contributed by atoms with Crippen molar-refractivity contribution in [1.82, 2.24) is 25.1 Å². The van der Waals surface area contributed by atoms with Crippen LogP contribution < -0.4 is 10.2 Å². The lowest BCUT2D eigenvalue weighted by Crippen LogP contribution is -2.62. The van der Waals surface area contributed by atoms with Crippen LogP contribution in [-0.4, -0.2) is 68.4 Å². The predicted octanol–water partition coefficient (Wildman–Crippen LogP) is 2.69. The fourth-order valence-corrected chi connectivity index (χ4v) is 5.35. The third-order valence-electron chi connectivity index (χ3n) is 7.14. The third-order valence-corrected chi connectivity index (χ3v) is 7.14. The standard InChI is InChI=1S/C24H27FN6O2/c1-30-11-15(8-28-30)14-2-4-18(22(32)6-14)20-9-27-23(10-26-20)31(17-12-33-13-17)21-7-16-3-5-19(29-16)24(21)25/h2,4,6,8-11,16-17,19,21,24,29,32H,3,5,7,12-13H2,1H3/t16-,19+,21-,24+/m0/s1. The number of anilines is 1. The summed E-state index contributed by atoms with van der Waals surface area (Å²) in [5.41, 5.74) is 2.97. The van der Waals surface area contributed by atoms with Crippen molar-refractivity contribution in [2.24, 2.45) is 7.05 Å². The average Bonchev–Trinajstić information content (AvgIpc) is 3.40. The molecule has 33 heavy (non-hydrogen) atoms. The summed E-state index contributed by atoms with van der Waals surface area (Å²) in [4.78, 5) is 11.3. The molecular weight excluding hydrogens is 423 g/mol. The second-order valence-electron chi connectivity index (χ2n) is 9.29. The number of piperidine rings is 1. The molecule has 3 fully saturated rings. The van der Waals surface area contributed by atoms with Crippen LogP contribution in [0.1, 0.15) is 19.3 Å². The summed E-state index contributed by atoms with van der Waals surface area (Å²) in [5, 5.41) is 18.2. The molecule has 5 heterocycles. The molecule has 3 saturated heterocycles. The second-order valence-corrected chi connectivity index (χ2v) is 9.29. The zero-order chi connectivity index (χ0) is 22.5. The molecule has 6 rings (SSSR count). The van der Waals surface area contributed by atoms with Gasteiger partial charge in [-0.1, -0.05) is 6.07 Å². The Balaban J connectivity index is 1.27. The van der Waals surface area contributed by atoms with E-state index in [4.69, 9.17) is 4.74 Å². The van der Waals surface area contributed by atoms with Crippen LogP contribution in [0.2, 0.25) is 0 Å². The number of ether oxygens (including phenoxy) is 1. The monoisotopic (exact) mass is 450 g/mol. The molecule has 3 aromatic rings. The molecule has 0 saturated carbocycles. The maximum atomic E-state index is 15.3. The summed E-state index contributed by atoms with van der Waals surface area (Å²) in [5.74, 6) is 0.786. The van der Waals surface area contributed by atoms with Crippen LogP contribution in [-0.2, 0) is 11.8 Å². The number of hydrogen-bond donors (Lipinski definition) is 2. The number of halogens is 1. The Morgan fingerprint density at radius 3 is 2.70 bits per heavy atom. The Morgan fingerprint density at radius 1 is 1.15 bits per heavy atom. The molecule has 172 valence electrons. The number of fused-ring (bicyclic) bond motifs is 2. The van der Waals surface area contributed by atoms with E-state index in [1.54, 1.807) is 29.3 Å². The Morgan fingerprint density at radius 2 is 2.03 bits per heavy atom. The maximum absolute atomic E-state index is 15.3. The SMILES string of the molecule is Cn1cc(-c2ccc(-c3cnc(N(C4COC4)[C@H]4C[C@@H]5CC[C@@H](N5)[C@H]4F)cn3)c(O)c2)cn1. The van der Waals surface area contributed by atoms with Crippen molar-refractivity contribution in [2.45, 2.75) is 49.6 Å². The molecule has 9 heteroatoms. The molecule has 1 aromatic carbocycles. The third kappa shape index (κ3) is 3.65. The second kappa shape index (κ2) is 8.07. The van der Waals surface area contributed by atoms with E-state index >= 15 is 4.39 Å². The number of aromatic nitrogens is 4. The first-order valence-corrected chi connectivity index (χ1v) is 11.5. The summed E-state index contributed by atoms with van der Waals surface area (Å²) in [6.45, 7) is 1.15. The fraction of sp³-hybridized carbons (Fsp3) is 0.458. The van der Waals surface area contributed by atoms with Gasteiger partial charge < -0.3 is 20.1 Å². The van der Waals surface area contributed by atoms with Gasteiger partial charge in [0.15, 0.2) is 0 Å². The number of aryl methyl sites for hydroxylation is 1. The summed E-state index contributed by atoms with van der Waals surface area (Å²) < 4.78 is 22.5. The van der Waals surface area contributed by atoms with E-state index in [0.29, 0.717) is 36.3 Å². The number of alkyl halides is 1. The molecule has 2 bridgehead atoms. The number of nitrogens with zero attached hydrogens (tertiary/aromatic N) is 5. The predicted molar refractivity (Wildman–Crippen MR) is 122 cm³/mol. The van der Waals surface area contributed by atoms with Crippen LogP contribution in [0, 0.1) is 0 Å². The first kappa shape index (κ1) is 20.6. The van der Waals surface area contributed by atoms with Crippen LogP contribution >= 0.6 is 0 Å². The molecule has 0 spiro atoms. The largest absolute Gasteiger partial charge is 0.507 e. The molecule has 8 nitrogen and oxygen atoms in total. The normalized spacial score (nSPS) is 26.8. The Labute approximate surface area is 191 Å². The van der Waals surface area contributed by atoms with Crippen molar-refractivity contribution in [1.29, 1.82) is 0 Å². The number of benzene rings is 1. The van der Waals surface area contributed by atoms with Crippen LogP contribution in [0.3, 0.4) is 0 Å².